The van der Waals surface area contributed by atoms with Gasteiger partial charge in [-0.25, -0.2) is 17.6 Å². The largest absolute Gasteiger partial charge is 0.347 e. The zero-order chi connectivity index (χ0) is 21.7. The summed E-state index contributed by atoms with van der Waals surface area (Å²) in [6.45, 7) is -1.56. The third-order valence-corrected chi connectivity index (χ3v) is 3.84. The molecule has 1 unspecified atom stereocenters. The highest BCUT2D eigenvalue weighted by atomic mass is 19.3. The Morgan fingerprint density at radius 3 is 2.52 bits per heavy atom. The maximum absolute atomic E-state index is 13.3. The van der Waals surface area contributed by atoms with Crippen LogP contribution >= 0.6 is 0 Å². The van der Waals surface area contributed by atoms with Crippen molar-refractivity contribution in [2.24, 2.45) is 7.05 Å². The van der Waals surface area contributed by atoms with E-state index in [0.29, 0.717) is 0 Å². The quantitative estimate of drug-likeness (QED) is 0.415. The second-order valence-corrected chi connectivity index (χ2v) is 5.88. The number of aromatic nitrogens is 1. The Morgan fingerprint density at radius 2 is 1.93 bits per heavy atom. The molecule has 0 spiro atoms. The number of amides is 2. The van der Waals surface area contributed by atoms with E-state index in [1.807, 2.05) is 0 Å². The predicted molar refractivity (Wildman–Crippen MR) is 92.7 cm³/mol. The van der Waals surface area contributed by atoms with Crippen LogP contribution < -0.4 is 10.6 Å². The summed E-state index contributed by atoms with van der Waals surface area (Å²) < 4.78 is 52.0. The smallest absolute Gasteiger partial charge is 0.294 e. The van der Waals surface area contributed by atoms with Crippen molar-refractivity contribution >= 4 is 23.3 Å². The number of nitrogens with one attached hydrogen (secondary N) is 2. The summed E-state index contributed by atoms with van der Waals surface area (Å²) in [6, 6.07) is 3.85. The summed E-state index contributed by atoms with van der Waals surface area (Å²) in [6.07, 6.45) is -2.00. The number of ketones is 1. The second kappa shape index (κ2) is 9.01. The van der Waals surface area contributed by atoms with Crippen LogP contribution in [0.15, 0.2) is 30.5 Å². The molecule has 2 N–H and O–H groups in total. The number of hydrogen-bond donors (Lipinski definition) is 2. The maximum Gasteiger partial charge on any atom is 0.294 e. The summed E-state index contributed by atoms with van der Waals surface area (Å²) in [5.74, 6) is -4.18. The molecular formula is C18H14F4N4O3. The monoisotopic (exact) mass is 410 g/mol. The van der Waals surface area contributed by atoms with E-state index in [4.69, 9.17) is 5.26 Å². The van der Waals surface area contributed by atoms with Crippen molar-refractivity contribution in [1.82, 2.24) is 9.88 Å². The first-order chi connectivity index (χ1) is 13.7. The summed E-state index contributed by atoms with van der Waals surface area (Å²) in [5, 5.41) is 12.8. The molecule has 0 aliphatic rings. The van der Waals surface area contributed by atoms with Crippen molar-refractivity contribution in [3.05, 3.63) is 53.1 Å². The number of benzene rings is 1. The predicted octanol–water partition coefficient (Wildman–Crippen LogP) is 2.19. The third-order valence-electron chi connectivity index (χ3n) is 3.84. The number of aryl methyl sites for hydroxylation is 1. The minimum atomic E-state index is -3.19. The van der Waals surface area contributed by atoms with Crippen LogP contribution in [0.4, 0.5) is 23.2 Å². The standard InChI is InChI=1S/C18H14F4N4O3/c1-26-8-10(17(28)24-11-2-3-12(20)9(4-11)7-23)5-14(26)15(27)18(29)25-13(6-19)16(21)22/h2-5,8,13,16H,6H2,1H3,(H,24,28)(H,25,29). The Bertz CT molecular complexity index is 997. The van der Waals surface area contributed by atoms with Crippen molar-refractivity contribution in [3.63, 3.8) is 0 Å². The topological polar surface area (TPSA) is 104 Å². The summed E-state index contributed by atoms with van der Waals surface area (Å²) in [4.78, 5) is 36.3. The molecule has 2 amide bonds. The molecule has 1 aromatic heterocycles. The minimum Gasteiger partial charge on any atom is -0.347 e. The van der Waals surface area contributed by atoms with E-state index in [2.05, 4.69) is 5.32 Å². The minimum absolute atomic E-state index is 0.0672. The number of halogens is 4. The van der Waals surface area contributed by atoms with Gasteiger partial charge in [-0.05, 0) is 24.3 Å². The fourth-order valence-corrected chi connectivity index (χ4v) is 2.33. The fourth-order valence-electron chi connectivity index (χ4n) is 2.33. The number of alkyl halides is 3. The first-order valence-electron chi connectivity index (χ1n) is 8.04. The SMILES string of the molecule is Cn1cc(C(=O)Nc2ccc(F)c(C#N)c2)cc1C(=O)C(=O)NC(CF)C(F)F. The molecule has 1 atom stereocenters. The van der Waals surface area contributed by atoms with E-state index >= 15 is 0 Å². The highest BCUT2D eigenvalue weighted by Crippen LogP contribution is 2.16. The lowest BCUT2D eigenvalue weighted by molar-refractivity contribution is -0.119. The van der Waals surface area contributed by atoms with Gasteiger partial charge in [0.15, 0.2) is 0 Å². The van der Waals surface area contributed by atoms with Gasteiger partial charge in [-0.2, -0.15) is 5.26 Å². The summed E-state index contributed by atoms with van der Waals surface area (Å²) >= 11 is 0. The normalized spacial score (nSPS) is 11.6. The molecule has 0 saturated carbocycles. The molecule has 0 fully saturated rings. The van der Waals surface area contributed by atoms with Gasteiger partial charge in [-0.15, -0.1) is 0 Å². The van der Waals surface area contributed by atoms with Gasteiger partial charge in [0.2, 0.25) is 0 Å². The first kappa shape index (κ1) is 21.6. The molecule has 0 bridgehead atoms. The lowest BCUT2D eigenvalue weighted by atomic mass is 10.2. The highest BCUT2D eigenvalue weighted by molar-refractivity contribution is 6.42. The van der Waals surface area contributed by atoms with Gasteiger partial charge < -0.3 is 15.2 Å². The van der Waals surface area contributed by atoms with E-state index in [9.17, 15) is 31.9 Å². The van der Waals surface area contributed by atoms with Crippen LogP contribution in [0.5, 0.6) is 0 Å². The molecule has 11 heteroatoms. The highest BCUT2D eigenvalue weighted by Gasteiger charge is 2.28. The second-order valence-electron chi connectivity index (χ2n) is 5.88. The average molecular weight is 410 g/mol. The third kappa shape index (κ3) is 4.98. The first-order valence-corrected chi connectivity index (χ1v) is 8.04. The van der Waals surface area contributed by atoms with Crippen molar-refractivity contribution < 1.29 is 31.9 Å². The maximum atomic E-state index is 13.3. The fraction of sp³-hybridized carbons (Fsp3) is 0.222. The molecule has 2 aromatic rings. The Kier molecular flexibility index (Phi) is 6.71. The van der Waals surface area contributed by atoms with Gasteiger partial charge in [0.05, 0.1) is 16.8 Å². The van der Waals surface area contributed by atoms with E-state index < -0.39 is 42.6 Å². The van der Waals surface area contributed by atoms with Crippen LogP contribution in [0.1, 0.15) is 26.4 Å². The van der Waals surface area contributed by atoms with E-state index in [-0.39, 0.29) is 22.5 Å². The van der Waals surface area contributed by atoms with Crippen molar-refractivity contribution in [2.75, 3.05) is 12.0 Å². The molecular weight excluding hydrogens is 396 g/mol. The van der Waals surface area contributed by atoms with Crippen LogP contribution in [-0.4, -0.2) is 41.3 Å². The molecule has 0 saturated heterocycles. The van der Waals surface area contributed by atoms with E-state index in [1.165, 1.54) is 19.3 Å². The lowest BCUT2D eigenvalue weighted by Crippen LogP contribution is -2.45. The van der Waals surface area contributed by atoms with Crippen LogP contribution in [0.3, 0.4) is 0 Å². The zero-order valence-corrected chi connectivity index (χ0v) is 14.9. The summed E-state index contributed by atoms with van der Waals surface area (Å²) in [7, 11) is 1.34. The number of nitrogens with zero attached hydrogens (tertiary/aromatic N) is 2. The van der Waals surface area contributed by atoms with Crippen LogP contribution in [0, 0.1) is 17.1 Å². The van der Waals surface area contributed by atoms with Crippen LogP contribution in [0.25, 0.3) is 0 Å². The number of anilines is 1. The van der Waals surface area contributed by atoms with Gasteiger partial charge in [0, 0.05) is 18.9 Å². The van der Waals surface area contributed by atoms with Gasteiger partial charge in [-0.3, -0.25) is 14.4 Å². The van der Waals surface area contributed by atoms with Gasteiger partial charge in [0.1, 0.15) is 24.6 Å². The average Bonchev–Trinajstić information content (AvgIpc) is 3.08. The molecule has 0 aliphatic heterocycles. The van der Waals surface area contributed by atoms with Gasteiger partial charge in [-0.1, -0.05) is 0 Å². The van der Waals surface area contributed by atoms with Gasteiger partial charge in [0.25, 0.3) is 24.0 Å². The number of nitriles is 1. The van der Waals surface area contributed by atoms with Crippen molar-refractivity contribution in [1.29, 1.82) is 5.26 Å². The Morgan fingerprint density at radius 1 is 1.24 bits per heavy atom. The van der Waals surface area contributed by atoms with Crippen LogP contribution in [0.2, 0.25) is 0 Å². The number of hydrogen-bond acceptors (Lipinski definition) is 4. The molecule has 7 nitrogen and oxygen atoms in total. The van der Waals surface area contributed by atoms with Gasteiger partial charge >= 0.3 is 0 Å². The lowest BCUT2D eigenvalue weighted by Gasteiger charge is -2.13. The molecule has 2 rings (SSSR count). The van der Waals surface area contributed by atoms with E-state index in [0.717, 1.165) is 22.8 Å². The number of rotatable bonds is 7. The number of carbonyl (C=O) groups excluding carboxylic acids is 3. The molecule has 0 radical (unpaired) electrons. The molecule has 1 heterocycles. The zero-order valence-electron chi connectivity index (χ0n) is 14.9. The molecule has 152 valence electrons. The van der Waals surface area contributed by atoms with Crippen LogP contribution in [-0.2, 0) is 11.8 Å². The number of Topliss-reactive ketones (excluding diaryl/α,β-unsaturated/α-hetero) is 1. The Hall–Kier alpha value is -3.68. The van der Waals surface area contributed by atoms with E-state index in [1.54, 1.807) is 11.4 Å². The molecule has 1 aromatic carbocycles. The summed E-state index contributed by atoms with van der Waals surface area (Å²) in [5.41, 5.74) is -0.534. The molecule has 0 aliphatic carbocycles. The van der Waals surface area contributed by atoms with Crippen molar-refractivity contribution in [3.8, 4) is 6.07 Å². The molecule has 29 heavy (non-hydrogen) atoms. The Balaban J connectivity index is 2.17. The Labute approximate surface area is 161 Å². The number of carbonyl (C=O) groups is 3. The van der Waals surface area contributed by atoms with Crippen molar-refractivity contribution in [2.45, 2.75) is 12.5 Å².